The summed E-state index contributed by atoms with van der Waals surface area (Å²) in [4.78, 5) is 0. The molecule has 0 aliphatic heterocycles. The Kier molecular flexibility index (Phi) is 2.78. The molecule has 1 aromatic rings. The fraction of sp³-hybridized carbons (Fsp3) is 0.222. The van der Waals surface area contributed by atoms with Crippen molar-refractivity contribution >= 4 is 5.69 Å². The van der Waals surface area contributed by atoms with E-state index >= 15 is 0 Å². The average Bonchev–Trinajstić information content (AvgIpc) is 2.01. The molecule has 0 aromatic heterocycles. The van der Waals surface area contributed by atoms with Gasteiger partial charge < -0.3 is 10.5 Å². The Labute approximate surface area is 67.0 Å². The van der Waals surface area contributed by atoms with E-state index in [0.717, 1.165) is 17.9 Å². The summed E-state index contributed by atoms with van der Waals surface area (Å²) in [6, 6.07) is 7.38. The summed E-state index contributed by atoms with van der Waals surface area (Å²) in [5.41, 5.74) is 6.26. The highest BCUT2D eigenvalue weighted by molar-refractivity contribution is 5.43. The first-order chi connectivity index (χ1) is 5.33. The second-order valence-corrected chi connectivity index (χ2v) is 2.27. The van der Waals surface area contributed by atoms with Crippen LogP contribution in [0.15, 0.2) is 24.3 Å². The van der Waals surface area contributed by atoms with Gasteiger partial charge in [0.15, 0.2) is 0 Å². The lowest BCUT2D eigenvalue weighted by atomic mass is 10.3. The van der Waals surface area contributed by atoms with Gasteiger partial charge in [-0.15, -0.1) is 0 Å². The Balaban J connectivity index is 2.56. The predicted octanol–water partition coefficient (Wildman–Crippen LogP) is 1.87. The number of nitrogens with two attached hydrogens (primary N) is 1. The predicted molar refractivity (Wildman–Crippen MR) is 46.3 cm³/mol. The lowest BCUT2D eigenvalue weighted by molar-refractivity contribution is 0.324. The van der Waals surface area contributed by atoms with Gasteiger partial charge in [-0.1, -0.05) is 6.07 Å². The molecule has 0 unspecified atom stereocenters. The smallest absolute Gasteiger partial charge is 0.121 e. The van der Waals surface area contributed by atoms with Crippen molar-refractivity contribution in [3.05, 3.63) is 31.2 Å². The molecule has 1 rings (SSSR count). The fourth-order valence-electron chi connectivity index (χ4n) is 0.794. The molecule has 0 saturated heterocycles. The van der Waals surface area contributed by atoms with Crippen molar-refractivity contribution in [1.29, 1.82) is 0 Å². The molecule has 1 radical (unpaired) electrons. The Hall–Kier alpha value is -1.18. The number of hydrogen-bond acceptors (Lipinski definition) is 2. The number of ether oxygens (including phenoxy) is 1. The minimum absolute atomic E-state index is 0.642. The van der Waals surface area contributed by atoms with Crippen LogP contribution in [-0.2, 0) is 0 Å². The monoisotopic (exact) mass is 150 g/mol. The number of benzene rings is 1. The minimum Gasteiger partial charge on any atom is -0.494 e. The van der Waals surface area contributed by atoms with E-state index in [4.69, 9.17) is 10.5 Å². The van der Waals surface area contributed by atoms with Crippen LogP contribution in [0.25, 0.3) is 0 Å². The van der Waals surface area contributed by atoms with Gasteiger partial charge in [0.25, 0.3) is 0 Å². The fourth-order valence-corrected chi connectivity index (χ4v) is 0.794. The zero-order valence-corrected chi connectivity index (χ0v) is 6.42. The first kappa shape index (κ1) is 7.92. The summed E-state index contributed by atoms with van der Waals surface area (Å²) >= 11 is 0. The van der Waals surface area contributed by atoms with Crippen molar-refractivity contribution in [3.8, 4) is 5.75 Å². The maximum absolute atomic E-state index is 5.53. The molecule has 0 atom stereocenters. The van der Waals surface area contributed by atoms with E-state index in [1.165, 1.54) is 0 Å². The highest BCUT2D eigenvalue weighted by Crippen LogP contribution is 2.14. The molecule has 0 amide bonds. The molecule has 59 valence electrons. The second-order valence-electron chi connectivity index (χ2n) is 2.27. The number of hydrogen-bond donors (Lipinski definition) is 1. The van der Waals surface area contributed by atoms with Crippen molar-refractivity contribution in [2.75, 3.05) is 12.3 Å². The van der Waals surface area contributed by atoms with Crippen molar-refractivity contribution in [2.24, 2.45) is 0 Å². The zero-order valence-electron chi connectivity index (χ0n) is 6.42. The van der Waals surface area contributed by atoms with E-state index in [9.17, 15) is 0 Å². The Morgan fingerprint density at radius 3 is 2.91 bits per heavy atom. The van der Waals surface area contributed by atoms with E-state index in [1.54, 1.807) is 6.07 Å². The molecular formula is C9H12NO. The van der Waals surface area contributed by atoms with Gasteiger partial charge in [0, 0.05) is 11.8 Å². The van der Waals surface area contributed by atoms with E-state index in [-0.39, 0.29) is 0 Å². The lowest BCUT2D eigenvalue weighted by Crippen LogP contribution is -1.95. The van der Waals surface area contributed by atoms with Crippen LogP contribution in [0.2, 0.25) is 0 Å². The molecule has 0 saturated carbocycles. The van der Waals surface area contributed by atoms with Gasteiger partial charge in [-0.25, -0.2) is 0 Å². The molecule has 0 bridgehead atoms. The molecule has 0 spiro atoms. The molecular weight excluding hydrogens is 138 g/mol. The van der Waals surface area contributed by atoms with Gasteiger partial charge in [0.05, 0.1) is 6.61 Å². The van der Waals surface area contributed by atoms with Crippen LogP contribution in [0, 0.1) is 6.92 Å². The SMILES string of the molecule is [CH2]CCOc1cccc(N)c1. The van der Waals surface area contributed by atoms with Gasteiger partial charge in [0.1, 0.15) is 5.75 Å². The first-order valence-electron chi connectivity index (χ1n) is 3.60. The van der Waals surface area contributed by atoms with Crippen LogP contribution in [0.1, 0.15) is 6.42 Å². The van der Waals surface area contributed by atoms with Crippen molar-refractivity contribution in [2.45, 2.75) is 6.42 Å². The summed E-state index contributed by atoms with van der Waals surface area (Å²) < 4.78 is 5.29. The van der Waals surface area contributed by atoms with Crippen molar-refractivity contribution in [3.63, 3.8) is 0 Å². The normalized spacial score (nSPS) is 9.55. The topological polar surface area (TPSA) is 35.2 Å². The summed E-state index contributed by atoms with van der Waals surface area (Å²) in [5, 5.41) is 0. The average molecular weight is 150 g/mol. The van der Waals surface area contributed by atoms with Crippen LogP contribution in [0.3, 0.4) is 0 Å². The Morgan fingerprint density at radius 2 is 2.27 bits per heavy atom. The summed E-state index contributed by atoms with van der Waals surface area (Å²) in [5.74, 6) is 0.814. The molecule has 2 heteroatoms. The highest BCUT2D eigenvalue weighted by Gasteiger charge is 1.91. The molecule has 0 aliphatic rings. The summed E-state index contributed by atoms with van der Waals surface area (Å²) in [6.45, 7) is 4.31. The van der Waals surface area contributed by atoms with Gasteiger partial charge in [0.2, 0.25) is 0 Å². The van der Waals surface area contributed by atoms with Gasteiger partial charge in [-0.05, 0) is 25.5 Å². The zero-order chi connectivity index (χ0) is 8.10. The van der Waals surface area contributed by atoms with E-state index < -0.39 is 0 Å². The van der Waals surface area contributed by atoms with Gasteiger partial charge in [-0.2, -0.15) is 0 Å². The van der Waals surface area contributed by atoms with Crippen molar-refractivity contribution in [1.82, 2.24) is 0 Å². The molecule has 1 aromatic carbocycles. The Bertz CT molecular complexity index is 223. The largest absolute Gasteiger partial charge is 0.494 e. The molecule has 0 heterocycles. The van der Waals surface area contributed by atoms with Crippen LogP contribution < -0.4 is 10.5 Å². The molecule has 2 nitrogen and oxygen atoms in total. The molecule has 11 heavy (non-hydrogen) atoms. The maximum Gasteiger partial charge on any atom is 0.121 e. The standard InChI is InChI=1S/C9H12NO/c1-2-6-11-9-5-3-4-8(10)7-9/h3-5,7H,1-2,6,10H2. The third kappa shape index (κ3) is 2.50. The summed E-state index contributed by atoms with van der Waals surface area (Å²) in [6.07, 6.45) is 0.773. The van der Waals surface area contributed by atoms with Crippen LogP contribution in [0.5, 0.6) is 5.75 Å². The van der Waals surface area contributed by atoms with Gasteiger partial charge >= 0.3 is 0 Å². The molecule has 2 N–H and O–H groups in total. The maximum atomic E-state index is 5.53. The van der Waals surface area contributed by atoms with E-state index in [2.05, 4.69) is 6.92 Å². The second kappa shape index (κ2) is 3.86. The number of anilines is 1. The lowest BCUT2D eigenvalue weighted by Gasteiger charge is -2.03. The number of rotatable bonds is 3. The third-order valence-corrected chi connectivity index (χ3v) is 1.27. The van der Waals surface area contributed by atoms with E-state index in [0.29, 0.717) is 6.61 Å². The third-order valence-electron chi connectivity index (χ3n) is 1.27. The Morgan fingerprint density at radius 1 is 1.45 bits per heavy atom. The van der Waals surface area contributed by atoms with Crippen LogP contribution >= 0.6 is 0 Å². The first-order valence-corrected chi connectivity index (χ1v) is 3.60. The quantitative estimate of drug-likeness (QED) is 0.667. The highest BCUT2D eigenvalue weighted by atomic mass is 16.5. The van der Waals surface area contributed by atoms with E-state index in [1.807, 2.05) is 18.2 Å². The van der Waals surface area contributed by atoms with Gasteiger partial charge in [-0.3, -0.25) is 0 Å². The summed E-state index contributed by atoms with van der Waals surface area (Å²) in [7, 11) is 0. The number of nitrogen functional groups attached to an aromatic ring is 1. The molecule has 0 aliphatic carbocycles. The van der Waals surface area contributed by atoms with Crippen LogP contribution in [-0.4, -0.2) is 6.61 Å². The molecule has 0 fully saturated rings. The van der Waals surface area contributed by atoms with Crippen LogP contribution in [0.4, 0.5) is 5.69 Å². The van der Waals surface area contributed by atoms with Crippen molar-refractivity contribution < 1.29 is 4.74 Å². The minimum atomic E-state index is 0.642.